The zero-order chi connectivity index (χ0) is 24.0. The van der Waals surface area contributed by atoms with E-state index in [1.165, 1.54) is 20.4 Å². The van der Waals surface area contributed by atoms with Gasteiger partial charge in [-0.05, 0) is 18.2 Å². The Hall–Kier alpha value is -3.66. The second kappa shape index (κ2) is 10.8. The maximum absolute atomic E-state index is 13.4. The van der Waals surface area contributed by atoms with Crippen LogP contribution in [-0.2, 0) is 16.6 Å². The minimum atomic E-state index is -1.65. The van der Waals surface area contributed by atoms with E-state index in [-0.39, 0.29) is 16.3 Å². The summed E-state index contributed by atoms with van der Waals surface area (Å²) < 4.78 is 29.4. The average Bonchev–Trinajstić information content (AvgIpc) is 2.84. The van der Waals surface area contributed by atoms with Gasteiger partial charge in [-0.15, -0.1) is 0 Å². The third-order valence-corrected chi connectivity index (χ3v) is 6.11. The third kappa shape index (κ3) is 5.58. The summed E-state index contributed by atoms with van der Waals surface area (Å²) in [5, 5.41) is 2.93. The Labute approximate surface area is 195 Å². The van der Waals surface area contributed by atoms with Gasteiger partial charge in [0.1, 0.15) is 33.8 Å². The van der Waals surface area contributed by atoms with E-state index in [1.54, 1.807) is 54.6 Å². The van der Waals surface area contributed by atoms with Crippen molar-refractivity contribution < 1.29 is 23.2 Å². The number of rotatable bonds is 9. The number of carbonyl (C=O) groups is 1. The van der Waals surface area contributed by atoms with Crippen molar-refractivity contribution in [2.75, 3.05) is 45.6 Å². The molecular formula is C23H26N4O5S. The van der Waals surface area contributed by atoms with Gasteiger partial charge in [0.05, 0.1) is 49.6 Å². The molecule has 1 atom stereocenters. The molecule has 10 heteroatoms. The molecule has 0 aliphatic carbocycles. The van der Waals surface area contributed by atoms with Crippen molar-refractivity contribution in [3.63, 3.8) is 0 Å². The summed E-state index contributed by atoms with van der Waals surface area (Å²) in [6.45, 7) is 0. The highest BCUT2D eigenvalue weighted by atomic mass is 32.2. The molecule has 2 aromatic heterocycles. The Morgan fingerprint density at radius 1 is 1.03 bits per heavy atom. The van der Waals surface area contributed by atoms with Crippen LogP contribution >= 0.6 is 0 Å². The first kappa shape index (κ1) is 24.0. The highest BCUT2D eigenvalue weighted by Crippen LogP contribution is 2.29. The van der Waals surface area contributed by atoms with Crippen LogP contribution in [0, 0.1) is 0 Å². The van der Waals surface area contributed by atoms with E-state index in [2.05, 4.69) is 15.3 Å². The first-order chi connectivity index (χ1) is 15.9. The zero-order valence-corrected chi connectivity index (χ0v) is 19.9. The quantitative estimate of drug-likeness (QED) is 0.509. The van der Waals surface area contributed by atoms with Crippen LogP contribution < -0.4 is 24.4 Å². The highest BCUT2D eigenvalue weighted by Gasteiger charge is 2.22. The molecule has 0 saturated heterocycles. The highest BCUT2D eigenvalue weighted by molar-refractivity contribution is 7.84. The Bertz CT molecular complexity index is 1170. The number of methoxy groups -OCH3 is 3. The van der Waals surface area contributed by atoms with E-state index in [4.69, 9.17) is 14.2 Å². The number of nitrogens with zero attached hydrogens (tertiary/aromatic N) is 3. The minimum absolute atomic E-state index is 0.105. The molecule has 3 rings (SSSR count). The van der Waals surface area contributed by atoms with Gasteiger partial charge in [-0.1, -0.05) is 6.07 Å². The predicted octanol–water partition coefficient (Wildman–Crippen LogP) is 3.13. The van der Waals surface area contributed by atoms with Crippen LogP contribution in [0.3, 0.4) is 0 Å². The van der Waals surface area contributed by atoms with Crippen LogP contribution in [0.25, 0.3) is 0 Å². The zero-order valence-electron chi connectivity index (χ0n) is 19.1. The van der Waals surface area contributed by atoms with Gasteiger partial charge < -0.3 is 24.4 Å². The fourth-order valence-corrected chi connectivity index (χ4v) is 4.31. The molecule has 174 valence electrons. The monoisotopic (exact) mass is 470 g/mol. The SMILES string of the molecule is COc1ccc(CS(=O)c2nc(N(C)C)ccc2C(=O)Nc2cnccc2OC)c(OC)c1. The van der Waals surface area contributed by atoms with Gasteiger partial charge in [-0.25, -0.2) is 4.98 Å². The molecule has 0 aliphatic heterocycles. The summed E-state index contributed by atoms with van der Waals surface area (Å²) in [7, 11) is 6.59. The predicted molar refractivity (Wildman–Crippen MR) is 127 cm³/mol. The van der Waals surface area contributed by atoms with Gasteiger partial charge in [0.2, 0.25) is 0 Å². The number of anilines is 2. The molecule has 1 unspecified atom stereocenters. The van der Waals surface area contributed by atoms with Crippen LogP contribution in [0.2, 0.25) is 0 Å². The molecule has 1 amide bonds. The molecule has 0 fully saturated rings. The van der Waals surface area contributed by atoms with E-state index in [9.17, 15) is 9.00 Å². The van der Waals surface area contributed by atoms with Crippen LogP contribution in [0.1, 0.15) is 15.9 Å². The lowest BCUT2D eigenvalue weighted by molar-refractivity contribution is 0.102. The molecule has 33 heavy (non-hydrogen) atoms. The lowest BCUT2D eigenvalue weighted by Crippen LogP contribution is -2.19. The first-order valence-electron chi connectivity index (χ1n) is 9.95. The van der Waals surface area contributed by atoms with E-state index in [0.29, 0.717) is 34.3 Å². The molecule has 0 spiro atoms. The van der Waals surface area contributed by atoms with Gasteiger partial charge in [0.25, 0.3) is 5.91 Å². The molecule has 1 aromatic carbocycles. The molecule has 2 heterocycles. The van der Waals surface area contributed by atoms with Gasteiger partial charge in [-0.2, -0.15) is 0 Å². The van der Waals surface area contributed by atoms with E-state index >= 15 is 0 Å². The maximum Gasteiger partial charge on any atom is 0.258 e. The normalized spacial score (nSPS) is 11.4. The van der Waals surface area contributed by atoms with Crippen molar-refractivity contribution in [1.82, 2.24) is 9.97 Å². The summed E-state index contributed by atoms with van der Waals surface area (Å²) in [4.78, 5) is 23.4. The second-order valence-electron chi connectivity index (χ2n) is 7.11. The molecule has 0 bridgehead atoms. The van der Waals surface area contributed by atoms with Crippen LogP contribution in [-0.4, -0.2) is 55.5 Å². The maximum atomic E-state index is 13.4. The Morgan fingerprint density at radius 3 is 2.45 bits per heavy atom. The number of hydrogen-bond acceptors (Lipinski definition) is 8. The Kier molecular flexibility index (Phi) is 7.83. The lowest BCUT2D eigenvalue weighted by Gasteiger charge is -2.16. The van der Waals surface area contributed by atoms with Crippen molar-refractivity contribution >= 4 is 28.2 Å². The standard InChI is InChI=1S/C23H26N4O5S/c1-27(2)21-9-8-17(22(28)25-18-13-24-11-10-19(18)31-4)23(26-21)33(29)14-15-6-7-16(30-3)12-20(15)32-5/h6-13H,14H2,1-5H3,(H,25,28). The van der Waals surface area contributed by atoms with E-state index in [0.717, 1.165) is 0 Å². The number of carbonyl (C=O) groups excluding carboxylic acids is 1. The molecule has 0 saturated carbocycles. The van der Waals surface area contributed by atoms with E-state index < -0.39 is 16.7 Å². The third-order valence-electron chi connectivity index (χ3n) is 4.79. The molecule has 1 N–H and O–H groups in total. The number of pyridine rings is 2. The second-order valence-corrected chi connectivity index (χ2v) is 8.48. The smallest absolute Gasteiger partial charge is 0.258 e. The van der Waals surface area contributed by atoms with Gasteiger partial charge >= 0.3 is 0 Å². The fourth-order valence-electron chi connectivity index (χ4n) is 3.05. The van der Waals surface area contributed by atoms with Crippen molar-refractivity contribution in [3.05, 3.63) is 59.9 Å². The van der Waals surface area contributed by atoms with Crippen molar-refractivity contribution in [2.24, 2.45) is 0 Å². The van der Waals surface area contributed by atoms with Crippen molar-refractivity contribution in [2.45, 2.75) is 10.8 Å². The van der Waals surface area contributed by atoms with Gasteiger partial charge in [0.15, 0.2) is 0 Å². The summed E-state index contributed by atoms with van der Waals surface area (Å²) in [5.74, 6) is 1.84. The number of amides is 1. The summed E-state index contributed by atoms with van der Waals surface area (Å²) in [6.07, 6.45) is 3.04. The lowest BCUT2D eigenvalue weighted by atomic mass is 10.2. The summed E-state index contributed by atoms with van der Waals surface area (Å²) in [5.41, 5.74) is 1.29. The Morgan fingerprint density at radius 2 is 1.79 bits per heavy atom. The van der Waals surface area contributed by atoms with E-state index in [1.807, 2.05) is 14.1 Å². The van der Waals surface area contributed by atoms with Gasteiger partial charge in [0, 0.05) is 38.0 Å². The summed E-state index contributed by atoms with van der Waals surface area (Å²) in [6, 6.07) is 10.2. The number of aromatic nitrogens is 2. The molecule has 0 radical (unpaired) electrons. The number of hydrogen-bond donors (Lipinski definition) is 1. The molecule has 9 nitrogen and oxygen atoms in total. The first-order valence-corrected chi connectivity index (χ1v) is 11.3. The largest absolute Gasteiger partial charge is 0.497 e. The minimum Gasteiger partial charge on any atom is -0.497 e. The number of benzene rings is 1. The average molecular weight is 471 g/mol. The number of nitrogens with one attached hydrogen (secondary N) is 1. The molecule has 0 aliphatic rings. The van der Waals surface area contributed by atoms with Crippen LogP contribution in [0.5, 0.6) is 17.2 Å². The van der Waals surface area contributed by atoms with Crippen LogP contribution in [0.15, 0.2) is 53.8 Å². The van der Waals surface area contributed by atoms with Crippen molar-refractivity contribution in [1.29, 1.82) is 0 Å². The molecular weight excluding hydrogens is 444 g/mol. The van der Waals surface area contributed by atoms with Gasteiger partial charge in [-0.3, -0.25) is 14.0 Å². The van der Waals surface area contributed by atoms with Crippen LogP contribution in [0.4, 0.5) is 11.5 Å². The number of ether oxygens (including phenoxy) is 3. The fraction of sp³-hybridized carbons (Fsp3) is 0.261. The summed E-state index contributed by atoms with van der Waals surface area (Å²) >= 11 is 0. The van der Waals surface area contributed by atoms with Crippen molar-refractivity contribution in [3.8, 4) is 17.2 Å². The molecule has 3 aromatic rings. The topological polar surface area (TPSA) is 103 Å². The Balaban J connectivity index is 1.97.